The lowest BCUT2D eigenvalue weighted by molar-refractivity contribution is -0.132. The van der Waals surface area contributed by atoms with Crippen molar-refractivity contribution in [3.8, 4) is 11.5 Å². The van der Waals surface area contributed by atoms with Crippen molar-refractivity contribution in [2.24, 2.45) is 5.92 Å². The molecule has 0 aliphatic carbocycles. The van der Waals surface area contributed by atoms with Crippen LogP contribution in [0.1, 0.15) is 36.9 Å². The van der Waals surface area contributed by atoms with E-state index in [1.807, 2.05) is 59.5 Å². The summed E-state index contributed by atoms with van der Waals surface area (Å²) in [5, 5.41) is 0. The lowest BCUT2D eigenvalue weighted by Crippen LogP contribution is -2.55. The first-order valence-corrected chi connectivity index (χ1v) is 10.9. The molecule has 0 saturated carbocycles. The molecule has 0 aromatic heterocycles. The van der Waals surface area contributed by atoms with Gasteiger partial charge in [-0.05, 0) is 66.8 Å². The van der Waals surface area contributed by atoms with Crippen LogP contribution in [0.2, 0.25) is 0 Å². The first-order chi connectivity index (χ1) is 15.6. The maximum absolute atomic E-state index is 13.2. The summed E-state index contributed by atoms with van der Waals surface area (Å²) in [5.41, 5.74) is 3.17. The SMILES string of the molecule is COc1ccc(N2C(=O)[C@H](CCCc3ccccc3)[C@H]2c2ccc(OC(C)=O)cc2)cc1. The summed E-state index contributed by atoms with van der Waals surface area (Å²) >= 11 is 0. The van der Waals surface area contributed by atoms with Crippen LogP contribution in [-0.4, -0.2) is 19.0 Å². The number of nitrogens with zero attached hydrogens (tertiary/aromatic N) is 1. The number of benzene rings is 3. The van der Waals surface area contributed by atoms with E-state index in [0.29, 0.717) is 5.75 Å². The number of methoxy groups -OCH3 is 1. The molecule has 164 valence electrons. The molecule has 4 rings (SSSR count). The summed E-state index contributed by atoms with van der Waals surface area (Å²) in [6.45, 7) is 1.38. The third-order valence-corrected chi connectivity index (χ3v) is 5.87. The maximum atomic E-state index is 13.2. The van der Waals surface area contributed by atoms with E-state index in [2.05, 4.69) is 12.1 Å². The van der Waals surface area contributed by atoms with Gasteiger partial charge in [0.2, 0.25) is 5.91 Å². The molecule has 3 aromatic carbocycles. The Kier molecular flexibility index (Phi) is 6.55. The van der Waals surface area contributed by atoms with Crippen LogP contribution in [0.4, 0.5) is 5.69 Å². The van der Waals surface area contributed by atoms with Crippen LogP contribution in [-0.2, 0) is 16.0 Å². The van der Waals surface area contributed by atoms with Gasteiger partial charge in [0.15, 0.2) is 0 Å². The molecule has 0 spiro atoms. The van der Waals surface area contributed by atoms with Crippen molar-refractivity contribution >= 4 is 17.6 Å². The van der Waals surface area contributed by atoms with E-state index in [4.69, 9.17) is 9.47 Å². The number of aryl methyl sites for hydroxylation is 1. The summed E-state index contributed by atoms with van der Waals surface area (Å²) in [4.78, 5) is 26.3. The fourth-order valence-corrected chi connectivity index (χ4v) is 4.31. The number of β-lactam (4-membered cyclic amide) rings is 1. The highest BCUT2D eigenvalue weighted by Crippen LogP contribution is 2.46. The highest BCUT2D eigenvalue weighted by molar-refractivity contribution is 6.03. The molecule has 0 unspecified atom stereocenters. The molecule has 3 aromatic rings. The second-order valence-electron chi connectivity index (χ2n) is 8.00. The predicted octanol–water partition coefficient (Wildman–Crippen LogP) is 5.35. The van der Waals surface area contributed by atoms with Gasteiger partial charge in [-0.15, -0.1) is 0 Å². The largest absolute Gasteiger partial charge is 0.497 e. The normalized spacial score (nSPS) is 17.6. The van der Waals surface area contributed by atoms with E-state index in [9.17, 15) is 9.59 Å². The van der Waals surface area contributed by atoms with Crippen molar-refractivity contribution in [2.45, 2.75) is 32.2 Å². The van der Waals surface area contributed by atoms with Crippen LogP contribution in [0.25, 0.3) is 0 Å². The minimum Gasteiger partial charge on any atom is -0.497 e. The van der Waals surface area contributed by atoms with Gasteiger partial charge in [0, 0.05) is 12.6 Å². The van der Waals surface area contributed by atoms with E-state index in [1.165, 1.54) is 12.5 Å². The second kappa shape index (κ2) is 9.69. The van der Waals surface area contributed by atoms with E-state index >= 15 is 0 Å². The van der Waals surface area contributed by atoms with Crippen molar-refractivity contribution in [1.82, 2.24) is 0 Å². The number of ether oxygens (including phenoxy) is 2. The molecule has 1 saturated heterocycles. The molecule has 5 heteroatoms. The minimum atomic E-state index is -0.352. The Balaban J connectivity index is 1.54. The van der Waals surface area contributed by atoms with Gasteiger partial charge in [-0.2, -0.15) is 0 Å². The van der Waals surface area contributed by atoms with Crippen LogP contribution in [0, 0.1) is 5.92 Å². The number of hydrogen-bond donors (Lipinski definition) is 0. The summed E-state index contributed by atoms with van der Waals surface area (Å²) in [5.74, 6) is 0.958. The summed E-state index contributed by atoms with van der Waals surface area (Å²) in [6, 6.07) is 25.3. The standard InChI is InChI=1S/C27H27NO4/c1-19(29)32-24-15-11-21(12-16-24)26-25(10-6-9-20-7-4-3-5-8-20)27(30)28(26)22-13-17-23(31-2)18-14-22/h3-5,7-8,11-18,25-26H,6,9-10H2,1-2H3/t25-,26-/m1/s1. The van der Waals surface area contributed by atoms with Gasteiger partial charge >= 0.3 is 5.97 Å². The van der Waals surface area contributed by atoms with Gasteiger partial charge < -0.3 is 14.4 Å². The van der Waals surface area contributed by atoms with Crippen molar-refractivity contribution in [3.63, 3.8) is 0 Å². The van der Waals surface area contributed by atoms with Crippen molar-refractivity contribution in [2.75, 3.05) is 12.0 Å². The monoisotopic (exact) mass is 429 g/mol. The molecule has 1 amide bonds. The fourth-order valence-electron chi connectivity index (χ4n) is 4.31. The summed E-state index contributed by atoms with van der Waals surface area (Å²) in [6.07, 6.45) is 2.71. The predicted molar refractivity (Wildman–Crippen MR) is 124 cm³/mol. The van der Waals surface area contributed by atoms with Gasteiger partial charge in [0.25, 0.3) is 0 Å². The minimum absolute atomic E-state index is 0.0574. The van der Waals surface area contributed by atoms with Crippen LogP contribution in [0.3, 0.4) is 0 Å². The third kappa shape index (κ3) is 4.67. The smallest absolute Gasteiger partial charge is 0.308 e. The Bertz CT molecular complexity index is 1060. The number of esters is 1. The molecule has 1 fully saturated rings. The van der Waals surface area contributed by atoms with Gasteiger partial charge in [-0.25, -0.2) is 0 Å². The highest BCUT2D eigenvalue weighted by atomic mass is 16.5. The summed E-state index contributed by atoms with van der Waals surface area (Å²) in [7, 11) is 1.63. The molecule has 0 N–H and O–H groups in total. The molecule has 0 radical (unpaired) electrons. The Morgan fingerprint density at radius 1 is 0.906 bits per heavy atom. The topological polar surface area (TPSA) is 55.8 Å². The molecule has 1 aliphatic rings. The lowest BCUT2D eigenvalue weighted by Gasteiger charge is -2.47. The quantitative estimate of drug-likeness (QED) is 0.275. The Hall–Kier alpha value is -3.60. The van der Waals surface area contributed by atoms with Crippen LogP contribution in [0.15, 0.2) is 78.9 Å². The zero-order valence-electron chi connectivity index (χ0n) is 18.4. The molecule has 1 heterocycles. The van der Waals surface area contributed by atoms with Crippen LogP contribution in [0.5, 0.6) is 11.5 Å². The van der Waals surface area contributed by atoms with Crippen molar-refractivity contribution in [1.29, 1.82) is 0 Å². The Morgan fingerprint density at radius 2 is 1.56 bits per heavy atom. The van der Waals surface area contributed by atoms with Crippen LogP contribution < -0.4 is 14.4 Å². The van der Waals surface area contributed by atoms with Gasteiger partial charge in [-0.3, -0.25) is 9.59 Å². The molecule has 5 nitrogen and oxygen atoms in total. The van der Waals surface area contributed by atoms with E-state index < -0.39 is 0 Å². The molecular formula is C27H27NO4. The van der Waals surface area contributed by atoms with Crippen LogP contribution >= 0.6 is 0 Å². The fraction of sp³-hybridized carbons (Fsp3) is 0.259. The number of hydrogen-bond acceptors (Lipinski definition) is 4. The second-order valence-corrected chi connectivity index (χ2v) is 8.00. The van der Waals surface area contributed by atoms with E-state index in [0.717, 1.165) is 36.3 Å². The molecule has 32 heavy (non-hydrogen) atoms. The number of rotatable bonds is 8. The number of anilines is 1. The Morgan fingerprint density at radius 3 is 2.19 bits per heavy atom. The van der Waals surface area contributed by atoms with Crippen molar-refractivity contribution in [3.05, 3.63) is 90.0 Å². The maximum Gasteiger partial charge on any atom is 0.308 e. The van der Waals surface area contributed by atoms with Crippen molar-refractivity contribution < 1.29 is 19.1 Å². The average Bonchev–Trinajstić information content (AvgIpc) is 2.81. The molecule has 2 atom stereocenters. The Labute approximate surface area is 188 Å². The lowest BCUT2D eigenvalue weighted by atomic mass is 9.78. The first kappa shape index (κ1) is 21.6. The van der Waals surface area contributed by atoms with Gasteiger partial charge in [-0.1, -0.05) is 42.5 Å². The number of carbonyl (C=O) groups is 2. The van der Waals surface area contributed by atoms with Gasteiger partial charge in [0.05, 0.1) is 19.1 Å². The van der Waals surface area contributed by atoms with Gasteiger partial charge in [0.1, 0.15) is 11.5 Å². The summed E-state index contributed by atoms with van der Waals surface area (Å²) < 4.78 is 10.4. The zero-order chi connectivity index (χ0) is 22.5. The average molecular weight is 430 g/mol. The molecular weight excluding hydrogens is 402 g/mol. The zero-order valence-corrected chi connectivity index (χ0v) is 18.4. The first-order valence-electron chi connectivity index (χ1n) is 10.9. The van der Waals surface area contributed by atoms with E-state index in [-0.39, 0.29) is 23.8 Å². The highest BCUT2D eigenvalue weighted by Gasteiger charge is 2.48. The third-order valence-electron chi connectivity index (χ3n) is 5.87. The van der Waals surface area contributed by atoms with E-state index in [1.54, 1.807) is 19.2 Å². The molecule has 1 aliphatic heterocycles. The number of carbonyl (C=O) groups excluding carboxylic acids is 2. The number of amides is 1. The molecule has 0 bridgehead atoms.